The number of imide groups is 1. The molecule has 0 saturated carbocycles. The molecule has 0 aromatic heterocycles. The lowest BCUT2D eigenvalue weighted by Gasteiger charge is -2.37. The Kier molecular flexibility index (Phi) is 4.03. The van der Waals surface area contributed by atoms with Crippen molar-refractivity contribution in [3.8, 4) is 0 Å². The van der Waals surface area contributed by atoms with Crippen molar-refractivity contribution in [1.29, 1.82) is 0 Å². The van der Waals surface area contributed by atoms with Crippen molar-refractivity contribution >= 4 is 17.8 Å². The maximum atomic E-state index is 13.0. The number of halogens is 1. The average molecular weight is 333 g/mol. The minimum atomic E-state index is -0.902. The second-order valence-electron chi connectivity index (χ2n) is 6.58. The maximum Gasteiger partial charge on any atom is 0.325 e. The lowest BCUT2D eigenvalue weighted by atomic mass is 9.87. The predicted octanol–water partition coefficient (Wildman–Crippen LogP) is 1.76. The topological polar surface area (TPSA) is 69.7 Å². The van der Waals surface area contributed by atoms with Gasteiger partial charge in [-0.3, -0.25) is 14.5 Å². The molecule has 1 spiro atoms. The van der Waals surface area contributed by atoms with Crippen molar-refractivity contribution in [3.05, 3.63) is 35.6 Å². The fourth-order valence-electron chi connectivity index (χ4n) is 3.32. The molecule has 24 heavy (non-hydrogen) atoms. The molecule has 128 valence electrons. The quantitative estimate of drug-likeness (QED) is 0.839. The van der Waals surface area contributed by atoms with E-state index in [2.05, 4.69) is 5.32 Å². The molecule has 2 fully saturated rings. The summed E-state index contributed by atoms with van der Waals surface area (Å²) in [6.07, 6.45) is 0.765. The van der Waals surface area contributed by atoms with Crippen LogP contribution >= 0.6 is 0 Å². The number of hydrogen-bond donors (Lipinski definition) is 1. The molecular formula is C17H20FN3O3. The van der Waals surface area contributed by atoms with Gasteiger partial charge in [-0.25, -0.2) is 9.18 Å². The monoisotopic (exact) mass is 333 g/mol. The van der Waals surface area contributed by atoms with Crippen molar-refractivity contribution in [1.82, 2.24) is 15.1 Å². The highest BCUT2D eigenvalue weighted by molar-refractivity contribution is 6.07. The van der Waals surface area contributed by atoms with Crippen molar-refractivity contribution in [2.75, 3.05) is 13.1 Å². The van der Waals surface area contributed by atoms with Gasteiger partial charge in [0, 0.05) is 24.7 Å². The van der Waals surface area contributed by atoms with Crippen molar-refractivity contribution in [2.24, 2.45) is 0 Å². The van der Waals surface area contributed by atoms with Crippen LogP contribution in [0.5, 0.6) is 0 Å². The highest BCUT2D eigenvalue weighted by atomic mass is 19.1. The highest BCUT2D eigenvalue weighted by Crippen LogP contribution is 2.31. The van der Waals surface area contributed by atoms with E-state index in [0.717, 1.165) is 0 Å². The molecule has 1 aromatic rings. The Bertz CT molecular complexity index is 679. The summed E-state index contributed by atoms with van der Waals surface area (Å²) in [4.78, 5) is 40.0. The molecule has 0 aliphatic carbocycles. The zero-order chi connectivity index (χ0) is 17.5. The number of likely N-dealkylation sites (tertiary alicyclic amines) is 1. The summed E-state index contributed by atoms with van der Waals surface area (Å²) in [5.41, 5.74) is -0.487. The van der Waals surface area contributed by atoms with Crippen LogP contribution < -0.4 is 5.32 Å². The smallest absolute Gasteiger partial charge is 0.325 e. The van der Waals surface area contributed by atoms with Crippen molar-refractivity contribution < 1.29 is 18.8 Å². The summed E-state index contributed by atoms with van der Waals surface area (Å²) in [5, 5.41) is 2.81. The number of amides is 4. The van der Waals surface area contributed by atoms with Gasteiger partial charge >= 0.3 is 6.03 Å². The number of benzene rings is 1. The number of nitrogens with zero attached hydrogens (tertiary/aromatic N) is 2. The van der Waals surface area contributed by atoms with Crippen LogP contribution in [0.1, 0.15) is 37.0 Å². The van der Waals surface area contributed by atoms with Gasteiger partial charge in [0.05, 0.1) is 0 Å². The normalized spacial score (nSPS) is 20.0. The van der Waals surface area contributed by atoms with E-state index >= 15 is 0 Å². The summed E-state index contributed by atoms with van der Waals surface area (Å²) in [5.74, 6) is -0.795. The van der Waals surface area contributed by atoms with E-state index in [0.29, 0.717) is 31.5 Å². The lowest BCUT2D eigenvalue weighted by molar-refractivity contribution is -0.133. The zero-order valence-electron chi connectivity index (χ0n) is 13.7. The second-order valence-corrected chi connectivity index (χ2v) is 6.58. The molecule has 4 amide bonds. The number of carbonyl (C=O) groups is 3. The Labute approximate surface area is 139 Å². The number of urea groups is 1. The van der Waals surface area contributed by atoms with Crippen LogP contribution in [0.25, 0.3) is 0 Å². The standard InChI is InChI=1S/C17H20FN3O3/c1-11(2)21-15(23)17(19-16(21)24)7-9-20(10-8-17)14(22)12-3-5-13(18)6-4-12/h3-6,11H,7-10H2,1-2H3,(H,19,24). The van der Waals surface area contributed by atoms with E-state index in [1.807, 2.05) is 0 Å². The summed E-state index contributed by atoms with van der Waals surface area (Å²) >= 11 is 0. The fraction of sp³-hybridized carbons (Fsp3) is 0.471. The van der Waals surface area contributed by atoms with Gasteiger partial charge < -0.3 is 10.2 Å². The molecule has 2 heterocycles. The molecule has 0 bridgehead atoms. The van der Waals surface area contributed by atoms with Gasteiger partial charge in [0.1, 0.15) is 11.4 Å². The van der Waals surface area contributed by atoms with Crippen LogP contribution in [0.2, 0.25) is 0 Å². The molecule has 2 saturated heterocycles. The van der Waals surface area contributed by atoms with Gasteiger partial charge in [0.2, 0.25) is 0 Å². The van der Waals surface area contributed by atoms with E-state index < -0.39 is 11.4 Å². The van der Waals surface area contributed by atoms with E-state index in [1.165, 1.54) is 29.2 Å². The third-order valence-corrected chi connectivity index (χ3v) is 4.70. The maximum absolute atomic E-state index is 13.0. The minimum Gasteiger partial charge on any atom is -0.338 e. The molecule has 2 aliphatic heterocycles. The number of carbonyl (C=O) groups excluding carboxylic acids is 3. The Morgan fingerprint density at radius 3 is 2.25 bits per heavy atom. The van der Waals surface area contributed by atoms with Gasteiger partial charge in [-0.15, -0.1) is 0 Å². The Hall–Kier alpha value is -2.44. The van der Waals surface area contributed by atoms with Crippen LogP contribution in [0.3, 0.4) is 0 Å². The molecule has 3 rings (SSSR count). The first-order chi connectivity index (χ1) is 11.3. The van der Waals surface area contributed by atoms with Crippen LogP contribution in [-0.2, 0) is 4.79 Å². The zero-order valence-corrected chi connectivity index (χ0v) is 13.7. The molecular weight excluding hydrogens is 313 g/mol. The summed E-state index contributed by atoms with van der Waals surface area (Å²) in [6, 6.07) is 4.83. The first-order valence-corrected chi connectivity index (χ1v) is 8.05. The van der Waals surface area contributed by atoms with Gasteiger partial charge in [-0.05, 0) is 51.0 Å². The first-order valence-electron chi connectivity index (χ1n) is 8.05. The van der Waals surface area contributed by atoms with Crippen LogP contribution in [0.15, 0.2) is 24.3 Å². The van der Waals surface area contributed by atoms with E-state index in [1.54, 1.807) is 18.7 Å². The predicted molar refractivity (Wildman–Crippen MR) is 84.8 cm³/mol. The third-order valence-electron chi connectivity index (χ3n) is 4.70. The lowest BCUT2D eigenvalue weighted by Crippen LogP contribution is -2.56. The summed E-state index contributed by atoms with van der Waals surface area (Å²) < 4.78 is 13.0. The average Bonchev–Trinajstić information content (AvgIpc) is 2.78. The van der Waals surface area contributed by atoms with Crippen LogP contribution in [-0.4, -0.2) is 52.3 Å². The highest BCUT2D eigenvalue weighted by Gasteiger charge is 2.53. The SMILES string of the molecule is CC(C)N1C(=O)NC2(CCN(C(=O)c3ccc(F)cc3)CC2)C1=O. The number of nitrogens with one attached hydrogen (secondary N) is 1. The molecule has 0 atom stereocenters. The molecule has 2 aliphatic rings. The molecule has 0 radical (unpaired) electrons. The Morgan fingerprint density at radius 1 is 1.17 bits per heavy atom. The van der Waals surface area contributed by atoms with E-state index in [9.17, 15) is 18.8 Å². The number of hydrogen-bond acceptors (Lipinski definition) is 3. The molecule has 6 nitrogen and oxygen atoms in total. The first kappa shape index (κ1) is 16.4. The molecule has 1 aromatic carbocycles. The number of rotatable bonds is 2. The van der Waals surface area contributed by atoms with Gasteiger partial charge in [0.25, 0.3) is 11.8 Å². The second kappa shape index (κ2) is 5.89. The minimum absolute atomic E-state index is 0.192. The Morgan fingerprint density at radius 2 is 1.75 bits per heavy atom. The molecule has 1 N–H and O–H groups in total. The summed E-state index contributed by atoms with van der Waals surface area (Å²) in [7, 11) is 0. The number of piperidine rings is 1. The van der Waals surface area contributed by atoms with Gasteiger partial charge in [-0.2, -0.15) is 0 Å². The fourth-order valence-corrected chi connectivity index (χ4v) is 3.32. The van der Waals surface area contributed by atoms with Crippen molar-refractivity contribution in [2.45, 2.75) is 38.3 Å². The molecule has 7 heteroatoms. The molecule has 0 unspecified atom stereocenters. The third kappa shape index (κ3) is 2.64. The van der Waals surface area contributed by atoms with Crippen LogP contribution in [0, 0.1) is 5.82 Å². The van der Waals surface area contributed by atoms with Crippen LogP contribution in [0.4, 0.5) is 9.18 Å². The summed E-state index contributed by atoms with van der Waals surface area (Å²) in [6.45, 7) is 4.33. The largest absolute Gasteiger partial charge is 0.338 e. The van der Waals surface area contributed by atoms with E-state index in [4.69, 9.17) is 0 Å². The van der Waals surface area contributed by atoms with E-state index in [-0.39, 0.29) is 23.9 Å². The van der Waals surface area contributed by atoms with Gasteiger partial charge in [0.15, 0.2) is 0 Å². The Balaban J connectivity index is 1.70. The van der Waals surface area contributed by atoms with Crippen molar-refractivity contribution in [3.63, 3.8) is 0 Å². The van der Waals surface area contributed by atoms with Gasteiger partial charge in [-0.1, -0.05) is 0 Å².